The minimum Gasteiger partial charge on any atom is -0.505 e. The third-order valence-electron chi connectivity index (χ3n) is 2.98. The number of anilines is 1. The van der Waals surface area contributed by atoms with Crippen LogP contribution in [-0.2, 0) is 0 Å². The molecule has 0 fully saturated rings. The lowest BCUT2D eigenvalue weighted by molar-refractivity contribution is 0.0697. The standard InChI is InChI=1S/C13H9FN4O3/c14-9-3-6(1-2-10(9)19)8-5-18-11(16-13(15)17-18)4-7(8)12(20)21/h1-5,19H,(H2,15,17)(H,20,21). The number of phenols is 1. The Kier molecular flexibility index (Phi) is 2.72. The molecule has 8 heteroatoms. The summed E-state index contributed by atoms with van der Waals surface area (Å²) in [6.07, 6.45) is 1.40. The first-order valence-corrected chi connectivity index (χ1v) is 5.84. The summed E-state index contributed by atoms with van der Waals surface area (Å²) in [7, 11) is 0. The number of nitrogens with two attached hydrogens (primary N) is 1. The Morgan fingerprint density at radius 2 is 2.10 bits per heavy atom. The van der Waals surface area contributed by atoms with Crippen molar-refractivity contribution >= 4 is 17.6 Å². The third-order valence-corrected chi connectivity index (χ3v) is 2.98. The largest absolute Gasteiger partial charge is 0.505 e. The fourth-order valence-corrected chi connectivity index (χ4v) is 2.03. The summed E-state index contributed by atoms with van der Waals surface area (Å²) in [4.78, 5) is 15.2. The molecule has 0 unspecified atom stereocenters. The average Bonchev–Trinajstić information content (AvgIpc) is 2.79. The molecular formula is C13H9FN4O3. The van der Waals surface area contributed by atoms with Crippen LogP contribution in [-0.4, -0.2) is 30.8 Å². The Balaban J connectivity index is 2.30. The molecule has 0 atom stereocenters. The number of fused-ring (bicyclic) bond motifs is 1. The molecule has 1 aromatic carbocycles. The van der Waals surface area contributed by atoms with Gasteiger partial charge in [-0.1, -0.05) is 6.07 Å². The van der Waals surface area contributed by atoms with Crippen molar-refractivity contribution in [1.29, 1.82) is 0 Å². The zero-order chi connectivity index (χ0) is 15.1. The summed E-state index contributed by atoms with van der Waals surface area (Å²) in [6, 6.07) is 4.90. The number of nitrogen functional groups attached to an aromatic ring is 1. The second kappa shape index (κ2) is 4.44. The number of rotatable bonds is 2. The van der Waals surface area contributed by atoms with Gasteiger partial charge in [0.2, 0.25) is 5.95 Å². The van der Waals surface area contributed by atoms with Crippen LogP contribution in [0.4, 0.5) is 10.3 Å². The summed E-state index contributed by atoms with van der Waals surface area (Å²) in [6.45, 7) is 0. The zero-order valence-electron chi connectivity index (χ0n) is 10.5. The molecule has 0 amide bonds. The van der Waals surface area contributed by atoms with Crippen LogP contribution in [0.1, 0.15) is 10.4 Å². The Hall–Kier alpha value is -3.16. The fourth-order valence-electron chi connectivity index (χ4n) is 2.03. The van der Waals surface area contributed by atoms with Crippen molar-refractivity contribution in [1.82, 2.24) is 14.6 Å². The number of pyridine rings is 1. The fraction of sp³-hybridized carbons (Fsp3) is 0. The molecule has 0 radical (unpaired) electrons. The van der Waals surface area contributed by atoms with Crippen LogP contribution in [0.5, 0.6) is 5.75 Å². The predicted octanol–water partition coefficient (Wildman–Crippen LogP) is 1.52. The second-order valence-electron chi connectivity index (χ2n) is 4.34. The van der Waals surface area contributed by atoms with Gasteiger partial charge in [-0.3, -0.25) is 0 Å². The van der Waals surface area contributed by atoms with Crippen LogP contribution in [0.15, 0.2) is 30.5 Å². The Morgan fingerprint density at radius 1 is 1.33 bits per heavy atom. The van der Waals surface area contributed by atoms with Crippen molar-refractivity contribution < 1.29 is 19.4 Å². The number of benzene rings is 1. The Bertz CT molecular complexity index is 875. The smallest absolute Gasteiger partial charge is 0.336 e. The van der Waals surface area contributed by atoms with Crippen molar-refractivity contribution in [3.8, 4) is 16.9 Å². The van der Waals surface area contributed by atoms with Crippen LogP contribution in [0, 0.1) is 5.82 Å². The molecule has 106 valence electrons. The van der Waals surface area contributed by atoms with Gasteiger partial charge in [-0.25, -0.2) is 13.7 Å². The van der Waals surface area contributed by atoms with Crippen molar-refractivity contribution in [2.45, 2.75) is 0 Å². The van der Waals surface area contributed by atoms with E-state index in [1.807, 2.05) is 0 Å². The van der Waals surface area contributed by atoms with Gasteiger partial charge < -0.3 is 15.9 Å². The minimum atomic E-state index is -1.19. The van der Waals surface area contributed by atoms with Gasteiger partial charge in [0.05, 0.1) is 5.56 Å². The van der Waals surface area contributed by atoms with Crippen LogP contribution >= 0.6 is 0 Å². The Morgan fingerprint density at radius 3 is 2.76 bits per heavy atom. The quantitative estimate of drug-likeness (QED) is 0.658. The molecule has 0 aliphatic rings. The summed E-state index contributed by atoms with van der Waals surface area (Å²) in [5, 5.41) is 22.4. The van der Waals surface area contributed by atoms with Gasteiger partial charge in [0, 0.05) is 11.8 Å². The van der Waals surface area contributed by atoms with E-state index >= 15 is 0 Å². The number of carboxylic acid groups (broad SMARTS) is 1. The number of hydrogen-bond acceptors (Lipinski definition) is 5. The van der Waals surface area contributed by atoms with Gasteiger partial charge in [0.1, 0.15) is 0 Å². The molecule has 4 N–H and O–H groups in total. The van der Waals surface area contributed by atoms with Crippen LogP contribution in [0.3, 0.4) is 0 Å². The monoisotopic (exact) mass is 288 g/mol. The lowest BCUT2D eigenvalue weighted by Crippen LogP contribution is -2.03. The van der Waals surface area contributed by atoms with Gasteiger partial charge >= 0.3 is 5.97 Å². The first kappa shape index (κ1) is 12.9. The number of hydrogen-bond donors (Lipinski definition) is 3. The summed E-state index contributed by atoms with van der Waals surface area (Å²) in [5.41, 5.74) is 6.19. The molecule has 0 aliphatic heterocycles. The van der Waals surface area contributed by atoms with E-state index in [2.05, 4.69) is 10.1 Å². The van der Waals surface area contributed by atoms with Crippen LogP contribution in [0.25, 0.3) is 16.8 Å². The van der Waals surface area contributed by atoms with Crippen molar-refractivity contribution in [2.24, 2.45) is 0 Å². The molecule has 3 aromatic rings. The number of carbonyl (C=O) groups is 1. The average molecular weight is 288 g/mol. The summed E-state index contributed by atoms with van der Waals surface area (Å²) >= 11 is 0. The molecule has 21 heavy (non-hydrogen) atoms. The Labute approximate surface area is 117 Å². The molecular weight excluding hydrogens is 279 g/mol. The topological polar surface area (TPSA) is 114 Å². The normalized spacial score (nSPS) is 10.9. The van der Waals surface area contributed by atoms with E-state index in [9.17, 15) is 19.4 Å². The first-order chi connectivity index (χ1) is 9.95. The molecule has 0 saturated carbocycles. The van der Waals surface area contributed by atoms with Crippen molar-refractivity contribution in [3.63, 3.8) is 0 Å². The van der Waals surface area contributed by atoms with E-state index in [0.29, 0.717) is 5.56 Å². The number of carboxylic acids is 1. The van der Waals surface area contributed by atoms with E-state index in [0.717, 1.165) is 12.1 Å². The highest BCUT2D eigenvalue weighted by Gasteiger charge is 2.16. The summed E-state index contributed by atoms with van der Waals surface area (Å²) in [5.74, 6) is -2.55. The van der Waals surface area contributed by atoms with Crippen LogP contribution in [0.2, 0.25) is 0 Å². The van der Waals surface area contributed by atoms with E-state index in [1.165, 1.54) is 22.8 Å². The highest BCUT2D eigenvalue weighted by Crippen LogP contribution is 2.28. The SMILES string of the molecule is Nc1nc2cc(C(=O)O)c(-c3ccc(O)c(F)c3)cn2n1. The molecule has 2 heterocycles. The highest BCUT2D eigenvalue weighted by atomic mass is 19.1. The van der Waals surface area contributed by atoms with Gasteiger partial charge in [-0.15, -0.1) is 5.10 Å². The van der Waals surface area contributed by atoms with Gasteiger partial charge in [-0.05, 0) is 23.8 Å². The number of phenolic OH excluding ortho intramolecular Hbond substituents is 1. The van der Waals surface area contributed by atoms with Gasteiger partial charge in [0.15, 0.2) is 17.2 Å². The van der Waals surface area contributed by atoms with Crippen molar-refractivity contribution in [2.75, 3.05) is 5.73 Å². The number of aromatic hydroxyl groups is 1. The number of aromatic nitrogens is 3. The van der Waals surface area contributed by atoms with E-state index in [4.69, 9.17) is 5.73 Å². The molecule has 2 aromatic heterocycles. The summed E-state index contributed by atoms with van der Waals surface area (Å²) < 4.78 is 14.8. The van der Waals surface area contributed by atoms with Crippen LogP contribution < -0.4 is 5.73 Å². The molecule has 0 saturated heterocycles. The highest BCUT2D eigenvalue weighted by molar-refractivity contribution is 5.97. The molecule has 0 aliphatic carbocycles. The first-order valence-electron chi connectivity index (χ1n) is 5.84. The maximum absolute atomic E-state index is 13.5. The van der Waals surface area contributed by atoms with E-state index in [-0.39, 0.29) is 22.7 Å². The van der Waals surface area contributed by atoms with Crippen molar-refractivity contribution in [3.05, 3.63) is 41.8 Å². The van der Waals surface area contributed by atoms with Gasteiger partial charge in [-0.2, -0.15) is 4.98 Å². The maximum Gasteiger partial charge on any atom is 0.336 e. The molecule has 3 rings (SSSR count). The van der Waals surface area contributed by atoms with E-state index in [1.54, 1.807) is 0 Å². The molecule has 7 nitrogen and oxygen atoms in total. The van der Waals surface area contributed by atoms with E-state index < -0.39 is 17.5 Å². The lowest BCUT2D eigenvalue weighted by Gasteiger charge is -2.07. The zero-order valence-corrected chi connectivity index (χ0v) is 10.5. The number of aromatic carboxylic acids is 1. The lowest BCUT2D eigenvalue weighted by atomic mass is 10.0. The van der Waals surface area contributed by atoms with Gasteiger partial charge in [0.25, 0.3) is 0 Å². The molecule has 0 spiro atoms. The second-order valence-corrected chi connectivity index (χ2v) is 4.34. The number of nitrogens with zero attached hydrogens (tertiary/aromatic N) is 3. The predicted molar refractivity (Wildman–Crippen MR) is 71.4 cm³/mol. The molecule has 0 bridgehead atoms. The maximum atomic E-state index is 13.5. The minimum absolute atomic E-state index is 0.000348. The third kappa shape index (κ3) is 2.12. The number of halogens is 1.